The average Bonchev–Trinajstić information content (AvgIpc) is 2.17. The molecule has 0 aliphatic heterocycles. The molecule has 0 saturated heterocycles. The first-order chi connectivity index (χ1) is 8.28. The van der Waals surface area contributed by atoms with Gasteiger partial charge in [0.1, 0.15) is 5.75 Å². The third-order valence-electron chi connectivity index (χ3n) is 2.24. The summed E-state index contributed by atoms with van der Waals surface area (Å²) in [7, 11) is 1.80. The summed E-state index contributed by atoms with van der Waals surface area (Å²) in [6.45, 7) is 2.79. The molecule has 0 radical (unpaired) electrons. The lowest BCUT2D eigenvalue weighted by atomic mass is 10.2. The van der Waals surface area contributed by atoms with Crippen LogP contribution in [0, 0.1) is 0 Å². The Morgan fingerprint density at radius 3 is 2.50 bits per heavy atom. The van der Waals surface area contributed by atoms with E-state index in [1.807, 2.05) is 11.8 Å². The second kappa shape index (κ2) is 6.06. The molecule has 1 rings (SSSR count). The van der Waals surface area contributed by atoms with Crippen molar-refractivity contribution in [3.63, 3.8) is 0 Å². The second-order valence-electron chi connectivity index (χ2n) is 4.33. The molecular weight excluding hydrogens is 245 g/mol. The van der Waals surface area contributed by atoms with Crippen LogP contribution in [-0.4, -0.2) is 30.9 Å². The number of ether oxygens (including phenoxy) is 1. The zero-order valence-electron chi connectivity index (χ0n) is 10.4. The summed E-state index contributed by atoms with van der Waals surface area (Å²) >= 11 is 0. The van der Waals surface area contributed by atoms with Crippen LogP contribution in [0.1, 0.15) is 12.5 Å². The summed E-state index contributed by atoms with van der Waals surface area (Å²) in [5.41, 5.74) is 6.12. The van der Waals surface area contributed by atoms with Crippen LogP contribution in [0.2, 0.25) is 0 Å². The largest absolute Gasteiger partial charge is 0.573 e. The van der Waals surface area contributed by atoms with Gasteiger partial charge in [-0.05, 0) is 20.0 Å². The van der Waals surface area contributed by atoms with Gasteiger partial charge in [-0.3, -0.25) is 0 Å². The van der Waals surface area contributed by atoms with E-state index in [4.69, 9.17) is 5.73 Å². The quantitative estimate of drug-likeness (QED) is 0.885. The molecule has 3 nitrogen and oxygen atoms in total. The van der Waals surface area contributed by atoms with Crippen LogP contribution in [-0.2, 0) is 6.54 Å². The van der Waals surface area contributed by atoms with Gasteiger partial charge in [0.05, 0.1) is 0 Å². The van der Waals surface area contributed by atoms with Gasteiger partial charge in [0.25, 0.3) is 0 Å². The maximum absolute atomic E-state index is 12.2. The van der Waals surface area contributed by atoms with E-state index < -0.39 is 6.36 Å². The average molecular weight is 262 g/mol. The van der Waals surface area contributed by atoms with Crippen molar-refractivity contribution in [3.05, 3.63) is 29.8 Å². The lowest BCUT2D eigenvalue weighted by molar-refractivity contribution is -0.275. The molecule has 1 atom stereocenters. The predicted octanol–water partition coefficient (Wildman–Crippen LogP) is 2.36. The van der Waals surface area contributed by atoms with Gasteiger partial charge in [-0.2, -0.15) is 0 Å². The Kier molecular flexibility index (Phi) is 4.98. The Hall–Kier alpha value is -1.27. The molecule has 0 aliphatic rings. The summed E-state index contributed by atoms with van der Waals surface area (Å²) in [6, 6.07) is 6.07. The fourth-order valence-electron chi connectivity index (χ4n) is 1.71. The van der Waals surface area contributed by atoms with Crippen LogP contribution in [0.15, 0.2) is 24.3 Å². The van der Waals surface area contributed by atoms with Crippen LogP contribution in [0.3, 0.4) is 0 Å². The van der Waals surface area contributed by atoms with Gasteiger partial charge in [-0.25, -0.2) is 0 Å². The zero-order chi connectivity index (χ0) is 13.8. The molecule has 0 spiro atoms. The van der Waals surface area contributed by atoms with E-state index in [0.29, 0.717) is 18.7 Å². The Balaban J connectivity index is 2.76. The monoisotopic (exact) mass is 262 g/mol. The molecule has 18 heavy (non-hydrogen) atoms. The zero-order valence-corrected chi connectivity index (χ0v) is 10.4. The summed E-state index contributed by atoms with van der Waals surface area (Å²) in [6.07, 6.45) is -4.67. The summed E-state index contributed by atoms with van der Waals surface area (Å²) in [5, 5.41) is 0. The molecule has 0 aromatic heterocycles. The van der Waals surface area contributed by atoms with Gasteiger partial charge in [0, 0.05) is 24.7 Å². The molecule has 1 unspecified atom stereocenters. The summed E-state index contributed by atoms with van der Waals surface area (Å²) in [5.74, 6) is -0.165. The highest BCUT2D eigenvalue weighted by Crippen LogP contribution is 2.26. The van der Waals surface area contributed by atoms with Gasteiger partial charge >= 0.3 is 6.36 Å². The van der Waals surface area contributed by atoms with Crippen LogP contribution in [0.25, 0.3) is 0 Å². The molecule has 0 saturated carbocycles. The predicted molar refractivity (Wildman–Crippen MR) is 63.1 cm³/mol. The van der Waals surface area contributed by atoms with E-state index in [1.54, 1.807) is 19.2 Å². The van der Waals surface area contributed by atoms with Crippen molar-refractivity contribution < 1.29 is 17.9 Å². The van der Waals surface area contributed by atoms with Gasteiger partial charge in [-0.15, -0.1) is 13.2 Å². The topological polar surface area (TPSA) is 38.5 Å². The molecule has 1 aromatic rings. The highest BCUT2D eigenvalue weighted by Gasteiger charge is 2.32. The van der Waals surface area contributed by atoms with E-state index >= 15 is 0 Å². The number of benzene rings is 1. The molecule has 2 N–H and O–H groups in total. The molecule has 6 heteroatoms. The molecule has 0 bridgehead atoms. The van der Waals surface area contributed by atoms with Gasteiger partial charge in [0.2, 0.25) is 0 Å². The maximum atomic E-state index is 12.2. The lowest BCUT2D eigenvalue weighted by Crippen LogP contribution is -2.32. The number of halogens is 3. The third-order valence-corrected chi connectivity index (χ3v) is 2.24. The van der Waals surface area contributed by atoms with Crippen molar-refractivity contribution >= 4 is 0 Å². The highest BCUT2D eigenvalue weighted by atomic mass is 19.4. The SMILES string of the molecule is CC(N)CN(C)Cc1ccccc1OC(F)(F)F. The molecule has 0 heterocycles. The number of nitrogens with two attached hydrogens (primary N) is 1. The smallest absolute Gasteiger partial charge is 0.405 e. The fourth-order valence-corrected chi connectivity index (χ4v) is 1.71. The Morgan fingerprint density at radius 2 is 1.94 bits per heavy atom. The van der Waals surface area contributed by atoms with E-state index in [-0.39, 0.29) is 11.8 Å². The van der Waals surface area contributed by atoms with E-state index in [9.17, 15) is 13.2 Å². The number of nitrogens with zero attached hydrogens (tertiary/aromatic N) is 1. The standard InChI is InChI=1S/C12H17F3N2O/c1-9(16)7-17(2)8-10-5-3-4-6-11(10)18-12(13,14)15/h3-6,9H,7-8,16H2,1-2H3. The number of hydrogen-bond donors (Lipinski definition) is 1. The van der Waals surface area contributed by atoms with E-state index in [1.165, 1.54) is 12.1 Å². The number of alkyl halides is 3. The van der Waals surface area contributed by atoms with Crippen LogP contribution >= 0.6 is 0 Å². The number of rotatable bonds is 5. The van der Waals surface area contributed by atoms with Crippen LogP contribution < -0.4 is 10.5 Å². The van der Waals surface area contributed by atoms with E-state index in [2.05, 4.69) is 4.74 Å². The minimum absolute atomic E-state index is 0.0364. The normalized spacial score (nSPS) is 13.7. The Morgan fingerprint density at radius 1 is 1.33 bits per heavy atom. The number of likely N-dealkylation sites (N-methyl/N-ethyl adjacent to an activating group) is 1. The minimum atomic E-state index is -4.67. The first-order valence-electron chi connectivity index (χ1n) is 5.55. The van der Waals surface area contributed by atoms with Crippen molar-refractivity contribution in [1.29, 1.82) is 0 Å². The molecular formula is C12H17F3N2O. The van der Waals surface area contributed by atoms with Crippen molar-refractivity contribution in [3.8, 4) is 5.75 Å². The van der Waals surface area contributed by atoms with Crippen LogP contribution in [0.4, 0.5) is 13.2 Å². The number of para-hydroxylation sites is 1. The number of hydrogen-bond acceptors (Lipinski definition) is 3. The molecule has 0 amide bonds. The first-order valence-corrected chi connectivity index (χ1v) is 5.55. The van der Waals surface area contributed by atoms with Gasteiger partial charge in [0.15, 0.2) is 0 Å². The Bertz CT molecular complexity index is 380. The van der Waals surface area contributed by atoms with Gasteiger partial charge < -0.3 is 15.4 Å². The molecule has 102 valence electrons. The highest BCUT2D eigenvalue weighted by molar-refractivity contribution is 5.33. The summed E-state index contributed by atoms with van der Waals surface area (Å²) < 4.78 is 40.6. The first kappa shape index (κ1) is 14.8. The molecule has 0 fully saturated rings. The van der Waals surface area contributed by atoms with Crippen molar-refractivity contribution in [2.45, 2.75) is 25.9 Å². The molecule has 1 aromatic carbocycles. The minimum Gasteiger partial charge on any atom is -0.405 e. The van der Waals surface area contributed by atoms with Crippen molar-refractivity contribution in [1.82, 2.24) is 4.90 Å². The second-order valence-corrected chi connectivity index (χ2v) is 4.33. The van der Waals surface area contributed by atoms with Gasteiger partial charge in [-0.1, -0.05) is 18.2 Å². The Labute approximate surface area is 104 Å². The fraction of sp³-hybridized carbons (Fsp3) is 0.500. The van der Waals surface area contributed by atoms with Crippen LogP contribution in [0.5, 0.6) is 5.75 Å². The van der Waals surface area contributed by atoms with Crippen molar-refractivity contribution in [2.24, 2.45) is 5.73 Å². The third kappa shape index (κ3) is 5.37. The van der Waals surface area contributed by atoms with Crippen molar-refractivity contribution in [2.75, 3.05) is 13.6 Å². The summed E-state index contributed by atoms with van der Waals surface area (Å²) in [4.78, 5) is 1.85. The maximum Gasteiger partial charge on any atom is 0.573 e. The van der Waals surface area contributed by atoms with E-state index in [0.717, 1.165) is 0 Å². The lowest BCUT2D eigenvalue weighted by Gasteiger charge is -2.21. The molecule has 0 aliphatic carbocycles.